The molecule has 3 heteroatoms. The molecule has 0 fully saturated rings. The van der Waals surface area contributed by atoms with Crippen LogP contribution in [0.25, 0.3) is 0 Å². The Balaban J connectivity index is 0.000000583. The molecule has 0 N–H and O–H groups in total. The van der Waals surface area contributed by atoms with Crippen molar-refractivity contribution < 1.29 is 0 Å². The topological polar surface area (TPSA) is 45.8 Å². The number of pyridine rings is 1. The Bertz CT molecular complexity index is 399. The number of rotatable bonds is 1. The number of hydrogen-bond acceptors (Lipinski definition) is 2. The average Bonchev–Trinajstić information content (AvgIpc) is 2.20. The van der Waals surface area contributed by atoms with Crippen molar-refractivity contribution in [3.8, 4) is 6.07 Å². The zero-order valence-corrected chi connectivity index (χ0v) is 9.87. The Morgan fingerprint density at radius 2 is 1.87 bits per heavy atom. The second-order valence-corrected chi connectivity index (χ2v) is 3.26. The van der Waals surface area contributed by atoms with Gasteiger partial charge in [0.1, 0.15) is 11.6 Å². The van der Waals surface area contributed by atoms with E-state index in [0.717, 1.165) is 5.69 Å². The highest BCUT2D eigenvalue weighted by molar-refractivity contribution is 5.27. The van der Waals surface area contributed by atoms with Crippen LogP contribution in [0.5, 0.6) is 0 Å². The summed E-state index contributed by atoms with van der Waals surface area (Å²) in [6.45, 7) is 8.60. The average molecular weight is 206 g/mol. The van der Waals surface area contributed by atoms with Gasteiger partial charge in [-0.15, -0.1) is 0 Å². The van der Waals surface area contributed by atoms with Crippen molar-refractivity contribution in [2.75, 3.05) is 0 Å². The van der Waals surface area contributed by atoms with E-state index in [2.05, 4.69) is 13.8 Å². The minimum Gasteiger partial charge on any atom is -0.312 e. The molecule has 0 atom stereocenters. The Kier molecular flexibility index (Phi) is 6.12. The monoisotopic (exact) mass is 206 g/mol. The summed E-state index contributed by atoms with van der Waals surface area (Å²) >= 11 is 0. The van der Waals surface area contributed by atoms with Gasteiger partial charge in [0.15, 0.2) is 0 Å². The van der Waals surface area contributed by atoms with Crippen molar-refractivity contribution in [2.24, 2.45) is 0 Å². The molecular formula is C12H18N2O. The van der Waals surface area contributed by atoms with Crippen molar-refractivity contribution in [1.29, 1.82) is 5.26 Å². The van der Waals surface area contributed by atoms with E-state index in [1.165, 1.54) is 6.42 Å². The van der Waals surface area contributed by atoms with Gasteiger partial charge in [-0.2, -0.15) is 5.26 Å². The Hall–Kier alpha value is -1.56. The van der Waals surface area contributed by atoms with E-state index in [4.69, 9.17) is 5.26 Å². The maximum Gasteiger partial charge on any atom is 0.268 e. The molecule has 0 aliphatic rings. The standard InChI is InChI=1S/C9H10N2O.C3H8/c1-3-11-7(2)4-5-8(6-10)9(11)12;1-3-2/h4-5H,3H2,1-2H3;3H2,1-2H3. The lowest BCUT2D eigenvalue weighted by Gasteiger charge is -2.05. The second-order valence-electron chi connectivity index (χ2n) is 3.26. The van der Waals surface area contributed by atoms with Crippen LogP contribution in [0.1, 0.15) is 38.4 Å². The molecule has 1 aromatic rings. The minimum absolute atomic E-state index is 0.194. The Morgan fingerprint density at radius 1 is 1.33 bits per heavy atom. The zero-order chi connectivity index (χ0) is 11.8. The summed E-state index contributed by atoms with van der Waals surface area (Å²) in [4.78, 5) is 11.4. The van der Waals surface area contributed by atoms with Crippen molar-refractivity contribution in [2.45, 2.75) is 40.7 Å². The predicted octanol–water partition coefficient (Wildman–Crippen LogP) is 2.46. The molecule has 0 amide bonds. The van der Waals surface area contributed by atoms with Crippen LogP contribution in [-0.4, -0.2) is 4.57 Å². The van der Waals surface area contributed by atoms with Gasteiger partial charge in [0.05, 0.1) is 0 Å². The largest absolute Gasteiger partial charge is 0.312 e. The van der Waals surface area contributed by atoms with E-state index >= 15 is 0 Å². The van der Waals surface area contributed by atoms with Crippen LogP contribution >= 0.6 is 0 Å². The minimum atomic E-state index is -0.194. The molecule has 0 radical (unpaired) electrons. The highest BCUT2D eigenvalue weighted by Gasteiger charge is 2.02. The van der Waals surface area contributed by atoms with Gasteiger partial charge in [-0.05, 0) is 26.0 Å². The van der Waals surface area contributed by atoms with Crippen molar-refractivity contribution in [3.05, 3.63) is 33.7 Å². The van der Waals surface area contributed by atoms with Crippen LogP contribution in [0.3, 0.4) is 0 Å². The lowest BCUT2D eigenvalue weighted by atomic mass is 10.2. The molecule has 3 nitrogen and oxygen atoms in total. The molecule has 82 valence electrons. The molecule has 1 heterocycles. The fraction of sp³-hybridized carbons (Fsp3) is 0.500. The number of nitriles is 1. The molecule has 15 heavy (non-hydrogen) atoms. The van der Waals surface area contributed by atoms with Crippen LogP contribution < -0.4 is 5.56 Å². The zero-order valence-electron chi connectivity index (χ0n) is 9.87. The third-order valence-corrected chi connectivity index (χ3v) is 1.83. The lowest BCUT2D eigenvalue weighted by Crippen LogP contribution is -2.23. The summed E-state index contributed by atoms with van der Waals surface area (Å²) in [6.07, 6.45) is 1.25. The van der Waals surface area contributed by atoms with Gasteiger partial charge < -0.3 is 4.57 Å². The second kappa shape index (κ2) is 6.83. The highest BCUT2D eigenvalue weighted by Crippen LogP contribution is 1.96. The fourth-order valence-corrected chi connectivity index (χ4v) is 1.15. The van der Waals surface area contributed by atoms with Crippen molar-refractivity contribution in [3.63, 3.8) is 0 Å². The third-order valence-electron chi connectivity index (χ3n) is 1.83. The summed E-state index contributed by atoms with van der Waals surface area (Å²) in [6, 6.07) is 5.20. The van der Waals surface area contributed by atoms with Crippen molar-refractivity contribution in [1.82, 2.24) is 4.57 Å². The first-order chi connectivity index (χ1) is 7.12. The molecule has 1 aromatic heterocycles. The normalized spacial score (nSPS) is 8.73. The summed E-state index contributed by atoms with van der Waals surface area (Å²) < 4.78 is 1.58. The molecule has 0 spiro atoms. The highest BCUT2D eigenvalue weighted by atomic mass is 16.1. The van der Waals surface area contributed by atoms with E-state index < -0.39 is 0 Å². The van der Waals surface area contributed by atoms with Crippen LogP contribution in [0.15, 0.2) is 16.9 Å². The van der Waals surface area contributed by atoms with Crippen LogP contribution in [0.2, 0.25) is 0 Å². The number of hydrogen-bond donors (Lipinski definition) is 0. The molecule has 0 aliphatic carbocycles. The predicted molar refractivity (Wildman–Crippen MR) is 61.8 cm³/mol. The molecule has 0 unspecified atom stereocenters. The SMILES string of the molecule is CCC.CCn1c(C)ccc(C#N)c1=O. The maximum atomic E-state index is 11.4. The summed E-state index contributed by atoms with van der Waals surface area (Å²) in [5.74, 6) is 0. The van der Waals surface area contributed by atoms with E-state index in [-0.39, 0.29) is 11.1 Å². The Labute approximate surface area is 91.0 Å². The van der Waals surface area contributed by atoms with E-state index in [0.29, 0.717) is 6.54 Å². The summed E-state index contributed by atoms with van der Waals surface area (Å²) in [5, 5.41) is 8.57. The molecule has 0 aromatic carbocycles. The van der Waals surface area contributed by atoms with Gasteiger partial charge in [0, 0.05) is 12.2 Å². The molecule has 0 saturated carbocycles. The summed E-state index contributed by atoms with van der Waals surface area (Å²) in [7, 11) is 0. The lowest BCUT2D eigenvalue weighted by molar-refractivity contribution is 0.698. The van der Waals surface area contributed by atoms with Gasteiger partial charge >= 0.3 is 0 Å². The Morgan fingerprint density at radius 3 is 2.27 bits per heavy atom. The molecule has 0 aliphatic heterocycles. The van der Waals surface area contributed by atoms with E-state index in [1.54, 1.807) is 16.7 Å². The van der Waals surface area contributed by atoms with Crippen LogP contribution in [-0.2, 0) is 6.54 Å². The third kappa shape index (κ3) is 3.59. The molecule has 1 rings (SSSR count). The van der Waals surface area contributed by atoms with Crippen molar-refractivity contribution >= 4 is 0 Å². The first kappa shape index (κ1) is 13.4. The van der Waals surface area contributed by atoms with Gasteiger partial charge in [-0.1, -0.05) is 20.3 Å². The fourth-order valence-electron chi connectivity index (χ4n) is 1.15. The quantitative estimate of drug-likeness (QED) is 0.708. The van der Waals surface area contributed by atoms with Gasteiger partial charge in [0.25, 0.3) is 5.56 Å². The first-order valence-corrected chi connectivity index (χ1v) is 5.22. The molecule has 0 bridgehead atoms. The van der Waals surface area contributed by atoms with Crippen LogP contribution in [0.4, 0.5) is 0 Å². The molecular weight excluding hydrogens is 188 g/mol. The van der Waals surface area contributed by atoms with Gasteiger partial charge in [-0.3, -0.25) is 4.79 Å². The molecule has 0 saturated heterocycles. The van der Waals surface area contributed by atoms with E-state index in [9.17, 15) is 4.79 Å². The van der Waals surface area contributed by atoms with Gasteiger partial charge in [0.2, 0.25) is 0 Å². The van der Waals surface area contributed by atoms with Gasteiger partial charge in [-0.25, -0.2) is 0 Å². The van der Waals surface area contributed by atoms with Crippen LogP contribution in [0, 0.1) is 18.3 Å². The number of aryl methyl sites for hydroxylation is 1. The number of aromatic nitrogens is 1. The smallest absolute Gasteiger partial charge is 0.268 e. The first-order valence-electron chi connectivity index (χ1n) is 5.22. The van der Waals surface area contributed by atoms with E-state index in [1.807, 2.05) is 19.9 Å². The maximum absolute atomic E-state index is 11.4. The summed E-state index contributed by atoms with van der Waals surface area (Å²) in [5.41, 5.74) is 0.906. The number of nitrogens with zero attached hydrogens (tertiary/aromatic N) is 2.